The summed E-state index contributed by atoms with van der Waals surface area (Å²) in [5, 5.41) is 0. The van der Waals surface area contributed by atoms with Gasteiger partial charge in [0.05, 0.1) is 0 Å². The topological polar surface area (TPSA) is 49.3 Å². The second-order valence-corrected chi connectivity index (χ2v) is 8.30. The Hall–Kier alpha value is -3.21. The third kappa shape index (κ3) is 4.46. The van der Waals surface area contributed by atoms with Crippen LogP contribution in [-0.4, -0.2) is 47.0 Å². The highest BCUT2D eigenvalue weighted by Gasteiger charge is 2.25. The minimum Gasteiger partial charge on any atom is -0.353 e. The van der Waals surface area contributed by atoms with Crippen LogP contribution in [-0.2, 0) is 6.42 Å². The summed E-state index contributed by atoms with van der Waals surface area (Å²) in [6.07, 6.45) is 0.887. The smallest absolute Gasteiger partial charge is 0.253 e. The van der Waals surface area contributed by atoms with E-state index in [9.17, 15) is 4.79 Å². The van der Waals surface area contributed by atoms with Crippen LogP contribution < -0.4 is 4.90 Å². The lowest BCUT2D eigenvalue weighted by Gasteiger charge is -2.36. The molecule has 5 nitrogen and oxygen atoms in total. The largest absolute Gasteiger partial charge is 0.353 e. The van der Waals surface area contributed by atoms with Crippen LogP contribution in [0, 0.1) is 20.8 Å². The summed E-state index contributed by atoms with van der Waals surface area (Å²) in [6, 6.07) is 16.1. The third-order valence-corrected chi connectivity index (χ3v) is 5.99. The molecule has 5 heteroatoms. The Balaban J connectivity index is 1.56. The van der Waals surface area contributed by atoms with Crippen molar-refractivity contribution in [3.05, 3.63) is 76.5 Å². The molecule has 4 rings (SSSR count). The zero-order valence-corrected chi connectivity index (χ0v) is 18.9. The third-order valence-electron chi connectivity index (χ3n) is 5.99. The van der Waals surface area contributed by atoms with Gasteiger partial charge in [0.15, 0.2) is 5.82 Å². The predicted octanol–water partition coefficient (Wildman–Crippen LogP) is 4.59. The van der Waals surface area contributed by atoms with Crippen LogP contribution in [0.2, 0.25) is 0 Å². The SMILES string of the molecule is CCc1c(C)nc(-c2cccc(C)c2)nc1N1CCN(C(=O)c2ccc(C)cc2)CC1. The first-order chi connectivity index (χ1) is 15.0. The Kier molecular flexibility index (Phi) is 6.03. The van der Waals surface area contributed by atoms with Gasteiger partial charge >= 0.3 is 0 Å². The Bertz CT molecular complexity index is 1080. The zero-order valence-electron chi connectivity index (χ0n) is 18.9. The molecule has 0 atom stereocenters. The number of piperazine rings is 1. The van der Waals surface area contributed by atoms with Crippen molar-refractivity contribution in [2.24, 2.45) is 0 Å². The number of rotatable bonds is 4. The number of aromatic nitrogens is 2. The van der Waals surface area contributed by atoms with Crippen LogP contribution in [0.25, 0.3) is 11.4 Å². The second kappa shape index (κ2) is 8.88. The zero-order chi connectivity index (χ0) is 22.0. The number of hydrogen-bond donors (Lipinski definition) is 0. The lowest BCUT2D eigenvalue weighted by molar-refractivity contribution is 0.0746. The molecule has 3 aromatic rings. The van der Waals surface area contributed by atoms with E-state index in [1.807, 2.05) is 42.2 Å². The monoisotopic (exact) mass is 414 g/mol. The van der Waals surface area contributed by atoms with Crippen LogP contribution in [0.4, 0.5) is 5.82 Å². The molecule has 2 heterocycles. The van der Waals surface area contributed by atoms with E-state index >= 15 is 0 Å². The number of carbonyl (C=O) groups excluding carboxylic acids is 1. The van der Waals surface area contributed by atoms with Crippen molar-refractivity contribution >= 4 is 11.7 Å². The van der Waals surface area contributed by atoms with Crippen LogP contribution >= 0.6 is 0 Å². The average Bonchev–Trinajstić information content (AvgIpc) is 2.78. The highest BCUT2D eigenvalue weighted by Crippen LogP contribution is 2.27. The summed E-state index contributed by atoms with van der Waals surface area (Å²) < 4.78 is 0. The van der Waals surface area contributed by atoms with E-state index in [2.05, 4.69) is 43.9 Å². The fraction of sp³-hybridized carbons (Fsp3) is 0.346. The Morgan fingerprint density at radius 2 is 1.61 bits per heavy atom. The Morgan fingerprint density at radius 3 is 2.26 bits per heavy atom. The molecule has 1 aromatic heterocycles. The van der Waals surface area contributed by atoms with Gasteiger partial charge in [-0.15, -0.1) is 0 Å². The molecular formula is C26H30N4O. The summed E-state index contributed by atoms with van der Waals surface area (Å²) in [5.41, 5.74) is 6.38. The van der Waals surface area contributed by atoms with E-state index in [1.165, 1.54) is 11.1 Å². The lowest BCUT2D eigenvalue weighted by atomic mass is 10.1. The van der Waals surface area contributed by atoms with E-state index in [-0.39, 0.29) is 5.91 Å². The van der Waals surface area contributed by atoms with Crippen LogP contribution in [0.3, 0.4) is 0 Å². The maximum absolute atomic E-state index is 12.9. The van der Waals surface area contributed by atoms with Gasteiger partial charge in [0, 0.05) is 48.6 Å². The predicted molar refractivity (Wildman–Crippen MR) is 126 cm³/mol. The number of nitrogens with zero attached hydrogens (tertiary/aromatic N) is 4. The van der Waals surface area contributed by atoms with E-state index < -0.39 is 0 Å². The van der Waals surface area contributed by atoms with Crippen molar-refractivity contribution in [1.82, 2.24) is 14.9 Å². The second-order valence-electron chi connectivity index (χ2n) is 8.30. The van der Waals surface area contributed by atoms with Crippen molar-refractivity contribution in [3.8, 4) is 11.4 Å². The van der Waals surface area contributed by atoms with E-state index in [0.717, 1.165) is 53.5 Å². The summed E-state index contributed by atoms with van der Waals surface area (Å²) in [5.74, 6) is 1.88. The van der Waals surface area contributed by atoms with Gasteiger partial charge in [0.1, 0.15) is 5.82 Å². The average molecular weight is 415 g/mol. The van der Waals surface area contributed by atoms with E-state index in [4.69, 9.17) is 9.97 Å². The molecule has 2 aromatic carbocycles. The lowest BCUT2D eigenvalue weighted by Crippen LogP contribution is -2.49. The molecule has 0 bridgehead atoms. The molecule has 1 saturated heterocycles. The van der Waals surface area contributed by atoms with E-state index in [1.54, 1.807) is 0 Å². The van der Waals surface area contributed by atoms with Gasteiger partial charge in [0.25, 0.3) is 5.91 Å². The normalized spacial score (nSPS) is 14.1. The Morgan fingerprint density at radius 1 is 0.903 bits per heavy atom. The first kappa shape index (κ1) is 21.0. The fourth-order valence-electron chi connectivity index (χ4n) is 4.17. The molecular weight excluding hydrogens is 384 g/mol. The van der Waals surface area contributed by atoms with Crippen molar-refractivity contribution < 1.29 is 4.79 Å². The fourth-order valence-corrected chi connectivity index (χ4v) is 4.17. The van der Waals surface area contributed by atoms with Crippen molar-refractivity contribution in [2.75, 3.05) is 31.1 Å². The summed E-state index contributed by atoms with van der Waals surface area (Å²) in [7, 11) is 0. The standard InChI is InChI=1S/C26H30N4O/c1-5-23-20(4)27-24(22-8-6-7-19(3)17-22)28-25(23)29-13-15-30(16-14-29)26(31)21-11-9-18(2)10-12-21/h6-12,17H,5,13-16H2,1-4H3. The van der Waals surface area contributed by atoms with Crippen LogP contribution in [0.5, 0.6) is 0 Å². The number of amides is 1. The van der Waals surface area contributed by atoms with Gasteiger partial charge in [-0.3, -0.25) is 4.79 Å². The van der Waals surface area contributed by atoms with Crippen molar-refractivity contribution in [3.63, 3.8) is 0 Å². The number of anilines is 1. The minimum absolute atomic E-state index is 0.106. The molecule has 1 aliphatic rings. The molecule has 0 aliphatic carbocycles. The molecule has 1 amide bonds. The van der Waals surface area contributed by atoms with Crippen LogP contribution in [0.1, 0.15) is 39.7 Å². The maximum Gasteiger partial charge on any atom is 0.253 e. The van der Waals surface area contributed by atoms with Gasteiger partial charge in [-0.1, -0.05) is 48.4 Å². The van der Waals surface area contributed by atoms with Gasteiger partial charge in [0.2, 0.25) is 0 Å². The molecule has 0 spiro atoms. The number of hydrogen-bond acceptors (Lipinski definition) is 4. The molecule has 1 aliphatic heterocycles. The number of aryl methyl sites for hydroxylation is 3. The highest BCUT2D eigenvalue weighted by molar-refractivity contribution is 5.94. The molecule has 0 N–H and O–H groups in total. The molecule has 0 unspecified atom stereocenters. The van der Waals surface area contributed by atoms with E-state index in [0.29, 0.717) is 13.1 Å². The van der Waals surface area contributed by atoms with Gasteiger partial charge in [-0.05, 0) is 45.4 Å². The molecule has 31 heavy (non-hydrogen) atoms. The van der Waals surface area contributed by atoms with Crippen molar-refractivity contribution in [1.29, 1.82) is 0 Å². The van der Waals surface area contributed by atoms with Crippen molar-refractivity contribution in [2.45, 2.75) is 34.1 Å². The molecule has 1 fully saturated rings. The summed E-state index contributed by atoms with van der Waals surface area (Å²) in [4.78, 5) is 26.9. The van der Waals surface area contributed by atoms with Crippen LogP contribution in [0.15, 0.2) is 48.5 Å². The number of benzene rings is 2. The van der Waals surface area contributed by atoms with Gasteiger partial charge in [-0.25, -0.2) is 9.97 Å². The molecule has 160 valence electrons. The molecule has 0 saturated carbocycles. The summed E-state index contributed by atoms with van der Waals surface area (Å²) >= 11 is 0. The number of carbonyl (C=O) groups is 1. The minimum atomic E-state index is 0.106. The maximum atomic E-state index is 12.9. The van der Waals surface area contributed by atoms with Gasteiger partial charge in [-0.2, -0.15) is 0 Å². The Labute approximate surface area is 184 Å². The highest BCUT2D eigenvalue weighted by atomic mass is 16.2. The first-order valence-electron chi connectivity index (χ1n) is 11.0. The van der Waals surface area contributed by atoms with Gasteiger partial charge < -0.3 is 9.80 Å². The molecule has 0 radical (unpaired) electrons. The quantitative estimate of drug-likeness (QED) is 0.626. The first-order valence-corrected chi connectivity index (χ1v) is 11.0. The summed E-state index contributed by atoms with van der Waals surface area (Å²) in [6.45, 7) is 11.3.